The highest BCUT2D eigenvalue weighted by Crippen LogP contribution is 2.43. The van der Waals surface area contributed by atoms with Crippen molar-refractivity contribution < 1.29 is 0 Å². The van der Waals surface area contributed by atoms with Gasteiger partial charge in [0.25, 0.3) is 0 Å². The molecule has 0 atom stereocenters. The van der Waals surface area contributed by atoms with Gasteiger partial charge in [0, 0.05) is 38.4 Å². The summed E-state index contributed by atoms with van der Waals surface area (Å²) in [7, 11) is 0. The summed E-state index contributed by atoms with van der Waals surface area (Å²) < 4.78 is 4.65. The van der Waals surface area contributed by atoms with Gasteiger partial charge in [-0.05, 0) is 85.9 Å². The predicted octanol–water partition coefficient (Wildman–Crippen LogP) is 15.6. The lowest BCUT2D eigenvalue weighted by molar-refractivity contribution is 0.948. The normalized spacial score (nSPS) is 11.8. The molecule has 0 spiro atoms. The van der Waals surface area contributed by atoms with Crippen molar-refractivity contribution in [3.8, 4) is 56.9 Å². The van der Waals surface area contributed by atoms with Gasteiger partial charge in [0.2, 0.25) is 5.95 Å². The number of benzene rings is 10. The zero-order valence-corrected chi connectivity index (χ0v) is 36.6. The number of hydrogen-bond acceptors (Lipinski definition) is 4. The van der Waals surface area contributed by atoms with Crippen LogP contribution in [-0.4, -0.2) is 29.1 Å². The second-order valence-corrected chi connectivity index (χ2v) is 17.4. The van der Waals surface area contributed by atoms with Crippen LogP contribution in [0.3, 0.4) is 0 Å². The highest BCUT2D eigenvalue weighted by molar-refractivity contribution is 6.26. The van der Waals surface area contributed by atoms with Crippen molar-refractivity contribution in [3.05, 3.63) is 231 Å². The van der Waals surface area contributed by atoms with E-state index >= 15 is 0 Å². The van der Waals surface area contributed by atoms with Crippen molar-refractivity contribution in [2.45, 2.75) is 0 Å². The molecule has 0 saturated carbocycles. The van der Waals surface area contributed by atoms with E-state index in [-0.39, 0.29) is 0 Å². The molecule has 68 heavy (non-hydrogen) atoms. The molecule has 0 unspecified atom stereocenters. The molecule has 0 aliphatic carbocycles. The van der Waals surface area contributed by atoms with Crippen LogP contribution in [0.15, 0.2) is 231 Å². The third-order valence-electron chi connectivity index (χ3n) is 13.6. The van der Waals surface area contributed by atoms with Crippen LogP contribution in [0.5, 0.6) is 0 Å². The largest absolute Gasteiger partial charge is 0.307 e. The molecule has 4 heterocycles. The van der Waals surface area contributed by atoms with E-state index in [0.29, 0.717) is 23.3 Å². The van der Waals surface area contributed by atoms with Crippen molar-refractivity contribution in [1.82, 2.24) is 29.1 Å². The molecule has 0 saturated heterocycles. The minimum Gasteiger partial charge on any atom is -0.307 e. The third-order valence-corrected chi connectivity index (χ3v) is 13.6. The first-order valence-electron chi connectivity index (χ1n) is 23.0. The number of aromatic nitrogens is 6. The van der Waals surface area contributed by atoms with Crippen molar-refractivity contribution in [2.24, 2.45) is 0 Å². The number of pyridine rings is 1. The van der Waals surface area contributed by atoms with Gasteiger partial charge in [-0.3, -0.25) is 4.57 Å². The fourth-order valence-corrected chi connectivity index (χ4v) is 10.5. The van der Waals surface area contributed by atoms with Gasteiger partial charge in [-0.25, -0.2) is 9.97 Å². The fraction of sp³-hybridized carbons (Fsp3) is 0. The van der Waals surface area contributed by atoms with Crippen LogP contribution in [0.4, 0.5) is 0 Å². The Kier molecular flexibility index (Phi) is 8.48. The van der Waals surface area contributed by atoms with Crippen LogP contribution in [0, 0.1) is 0 Å². The van der Waals surface area contributed by atoms with Crippen LogP contribution in [0.25, 0.3) is 133 Å². The lowest BCUT2D eigenvalue weighted by atomic mass is 9.92. The van der Waals surface area contributed by atoms with Crippen LogP contribution in [-0.2, 0) is 0 Å². The smallest absolute Gasteiger partial charge is 0.238 e. The Balaban J connectivity index is 0.996. The molecule has 316 valence electrons. The maximum absolute atomic E-state index is 5.34. The van der Waals surface area contributed by atoms with Crippen LogP contribution in [0.2, 0.25) is 0 Å². The lowest BCUT2D eigenvalue weighted by Crippen LogP contribution is -2.07. The minimum atomic E-state index is 0.496. The topological polar surface area (TPSA) is 61.4 Å². The number of nitrogens with zero attached hydrogens (tertiary/aromatic N) is 6. The first-order chi connectivity index (χ1) is 33.7. The lowest BCUT2D eigenvalue weighted by Gasteiger charge is -2.14. The van der Waals surface area contributed by atoms with Crippen LogP contribution >= 0.6 is 0 Å². The van der Waals surface area contributed by atoms with Crippen LogP contribution < -0.4 is 0 Å². The highest BCUT2D eigenvalue weighted by Gasteiger charge is 2.24. The van der Waals surface area contributed by atoms with Gasteiger partial charge in [0.1, 0.15) is 5.69 Å². The summed E-state index contributed by atoms with van der Waals surface area (Å²) in [6.45, 7) is 0. The monoisotopic (exact) mass is 866 g/mol. The van der Waals surface area contributed by atoms with Crippen molar-refractivity contribution in [3.63, 3.8) is 0 Å². The van der Waals surface area contributed by atoms with Gasteiger partial charge in [0.15, 0.2) is 11.6 Å². The van der Waals surface area contributed by atoms with Crippen molar-refractivity contribution in [2.75, 3.05) is 0 Å². The molecule has 10 aromatic carbocycles. The number of hydrogen-bond donors (Lipinski definition) is 0. The molecule has 14 aromatic rings. The van der Waals surface area contributed by atoms with E-state index in [1.54, 1.807) is 0 Å². The Morgan fingerprint density at radius 2 is 0.721 bits per heavy atom. The van der Waals surface area contributed by atoms with E-state index in [9.17, 15) is 0 Å². The Morgan fingerprint density at radius 1 is 0.250 bits per heavy atom. The van der Waals surface area contributed by atoms with Gasteiger partial charge < -0.3 is 4.57 Å². The Labute approximate surface area is 390 Å². The summed E-state index contributed by atoms with van der Waals surface area (Å²) in [4.78, 5) is 20.9. The molecular weight excluding hydrogens is 829 g/mol. The van der Waals surface area contributed by atoms with Gasteiger partial charge >= 0.3 is 0 Å². The zero-order chi connectivity index (χ0) is 44.7. The van der Waals surface area contributed by atoms with Crippen molar-refractivity contribution in [1.29, 1.82) is 0 Å². The summed E-state index contributed by atoms with van der Waals surface area (Å²) in [5, 5.41) is 12.2. The molecule has 0 N–H and O–H groups in total. The van der Waals surface area contributed by atoms with E-state index in [2.05, 4.69) is 173 Å². The highest BCUT2D eigenvalue weighted by atomic mass is 15.2. The fourth-order valence-electron chi connectivity index (χ4n) is 10.5. The molecule has 0 radical (unpaired) electrons. The summed E-state index contributed by atoms with van der Waals surface area (Å²) in [6.07, 6.45) is 0. The first kappa shape index (κ1) is 38.1. The summed E-state index contributed by atoms with van der Waals surface area (Å²) in [6, 6.07) is 81.7. The number of rotatable bonds is 6. The summed E-state index contributed by atoms with van der Waals surface area (Å²) in [5.41, 5.74) is 11.0. The second kappa shape index (κ2) is 15.2. The second-order valence-electron chi connectivity index (χ2n) is 17.4. The number of para-hydroxylation sites is 2. The quantitative estimate of drug-likeness (QED) is 0.156. The Bertz CT molecular complexity index is 4270. The predicted molar refractivity (Wildman–Crippen MR) is 281 cm³/mol. The number of fused-ring (bicyclic) bond motifs is 13. The standard InChI is InChI=1S/C62H38N6/c1-3-16-40(17-4-1)54-26-15-27-55(63-54)61-64-60(41-18-5-2-6-19-41)65-62(66-61)68-57-29-14-12-25-50(57)52-37-36-51-49-24-11-13-28-56(49)67(58(51)59(52)68)43-33-30-39(31-34-43)42-32-35-48-46-22-8-7-20-44(46)45-21-9-10-23-47(45)53(48)38-42/h1-38H. The maximum Gasteiger partial charge on any atom is 0.238 e. The van der Waals surface area contributed by atoms with E-state index in [4.69, 9.17) is 19.9 Å². The zero-order valence-electron chi connectivity index (χ0n) is 36.6. The molecule has 0 amide bonds. The van der Waals surface area contributed by atoms with Gasteiger partial charge in [-0.2, -0.15) is 9.97 Å². The van der Waals surface area contributed by atoms with Crippen LogP contribution in [0.1, 0.15) is 0 Å². The van der Waals surface area contributed by atoms with Crippen molar-refractivity contribution >= 4 is 75.9 Å². The maximum atomic E-state index is 5.34. The van der Waals surface area contributed by atoms with Gasteiger partial charge in [0.05, 0.1) is 27.8 Å². The Hall–Kier alpha value is -9.26. The summed E-state index contributed by atoms with van der Waals surface area (Å²) in [5.74, 6) is 1.58. The molecule has 0 aliphatic rings. The molecule has 6 heteroatoms. The van der Waals surface area contributed by atoms with E-state index in [1.165, 1.54) is 43.3 Å². The van der Waals surface area contributed by atoms with Gasteiger partial charge in [-0.1, -0.05) is 188 Å². The van der Waals surface area contributed by atoms with E-state index in [1.807, 2.05) is 66.7 Å². The minimum absolute atomic E-state index is 0.496. The van der Waals surface area contributed by atoms with E-state index < -0.39 is 0 Å². The molecule has 0 bridgehead atoms. The molecule has 0 fully saturated rings. The average molecular weight is 867 g/mol. The molecule has 0 aliphatic heterocycles. The van der Waals surface area contributed by atoms with E-state index in [0.717, 1.165) is 66.3 Å². The Morgan fingerprint density at radius 3 is 1.37 bits per heavy atom. The van der Waals surface area contributed by atoms with Gasteiger partial charge in [-0.15, -0.1) is 0 Å². The molecular formula is C62H38N6. The SMILES string of the molecule is c1ccc(-c2cccc(-c3nc(-c4ccccc4)nc(-n4c5ccccc5c5ccc6c7ccccc7n(-c7ccc(-c8ccc9c%10ccccc%10c%10ccccc%10c9c8)cc7)c6c54)n3)n2)cc1. The summed E-state index contributed by atoms with van der Waals surface area (Å²) >= 11 is 0. The average Bonchev–Trinajstić information content (AvgIpc) is 3.94. The first-order valence-corrected chi connectivity index (χ1v) is 23.0. The third kappa shape index (κ3) is 5.91. The molecule has 4 aromatic heterocycles. The molecule has 14 rings (SSSR count). The molecule has 6 nitrogen and oxygen atoms in total.